The molecule has 0 aliphatic heterocycles. The Hall–Kier alpha value is -1.68. The first-order valence-corrected chi connectivity index (χ1v) is 3.98. The highest BCUT2D eigenvalue weighted by Gasteiger charge is 1.96. The summed E-state index contributed by atoms with van der Waals surface area (Å²) < 4.78 is 0. The van der Waals surface area contributed by atoms with E-state index in [4.69, 9.17) is 5.11 Å². The van der Waals surface area contributed by atoms with E-state index in [9.17, 15) is 0 Å². The molecule has 1 heterocycles. The molecule has 0 atom stereocenters. The number of aromatic amines is 1. The summed E-state index contributed by atoms with van der Waals surface area (Å²) in [6.07, 6.45) is 3.52. The Labute approximate surface area is 74.9 Å². The molecule has 0 unspecified atom stereocenters. The Bertz CT molecular complexity index is 433. The normalized spacial score (nSPS) is 11.5. The van der Waals surface area contributed by atoms with Crippen LogP contribution < -0.4 is 0 Å². The molecule has 66 valence electrons. The zero-order chi connectivity index (χ0) is 9.10. The molecular formula is C9H9N3O. The minimum atomic E-state index is 0.0524. The van der Waals surface area contributed by atoms with E-state index in [0.717, 1.165) is 16.6 Å². The Morgan fingerprint density at radius 1 is 1.31 bits per heavy atom. The van der Waals surface area contributed by atoms with Gasteiger partial charge in [0.2, 0.25) is 0 Å². The maximum absolute atomic E-state index is 8.58. The summed E-state index contributed by atoms with van der Waals surface area (Å²) in [6.45, 7) is 0.0524. The van der Waals surface area contributed by atoms with E-state index in [1.807, 2.05) is 24.3 Å². The van der Waals surface area contributed by atoms with E-state index >= 15 is 0 Å². The van der Waals surface area contributed by atoms with Crippen LogP contribution in [0.2, 0.25) is 0 Å². The van der Waals surface area contributed by atoms with Gasteiger partial charge in [-0.1, -0.05) is 18.2 Å². The summed E-state index contributed by atoms with van der Waals surface area (Å²) in [5, 5.41) is 19.0. The van der Waals surface area contributed by atoms with Gasteiger partial charge in [0, 0.05) is 0 Å². The van der Waals surface area contributed by atoms with E-state index in [-0.39, 0.29) is 6.61 Å². The lowest BCUT2D eigenvalue weighted by atomic mass is 10.2. The van der Waals surface area contributed by atoms with Crippen LogP contribution in [0.5, 0.6) is 0 Å². The number of fused-ring (bicyclic) bond motifs is 1. The molecule has 0 bridgehead atoms. The van der Waals surface area contributed by atoms with Crippen molar-refractivity contribution in [2.45, 2.75) is 0 Å². The number of hydrogen-bond donors (Lipinski definition) is 2. The van der Waals surface area contributed by atoms with Gasteiger partial charge in [-0.15, -0.1) is 0 Å². The maximum atomic E-state index is 8.58. The van der Waals surface area contributed by atoms with Crippen LogP contribution >= 0.6 is 0 Å². The van der Waals surface area contributed by atoms with Crippen LogP contribution in [0, 0.1) is 0 Å². The Morgan fingerprint density at radius 3 is 3.00 bits per heavy atom. The second-order valence-electron chi connectivity index (χ2n) is 2.66. The summed E-state index contributed by atoms with van der Waals surface area (Å²) in [7, 11) is 0. The van der Waals surface area contributed by atoms with E-state index in [0.29, 0.717) is 0 Å². The molecule has 4 heteroatoms. The third kappa shape index (κ3) is 1.57. The van der Waals surface area contributed by atoms with Crippen molar-refractivity contribution in [3.63, 3.8) is 0 Å². The molecule has 13 heavy (non-hydrogen) atoms. The van der Waals surface area contributed by atoms with Gasteiger partial charge in [0.05, 0.1) is 6.61 Å². The van der Waals surface area contributed by atoms with Crippen LogP contribution in [-0.2, 0) is 0 Å². The minimum absolute atomic E-state index is 0.0524. The fraction of sp³-hybridized carbons (Fsp3) is 0.111. The first kappa shape index (κ1) is 7.94. The van der Waals surface area contributed by atoms with Gasteiger partial charge >= 0.3 is 0 Å². The first-order valence-electron chi connectivity index (χ1n) is 3.98. The molecule has 0 saturated carbocycles. The van der Waals surface area contributed by atoms with E-state index in [2.05, 4.69) is 15.4 Å². The summed E-state index contributed by atoms with van der Waals surface area (Å²) in [6, 6.07) is 5.72. The molecule has 1 aromatic carbocycles. The van der Waals surface area contributed by atoms with Crippen molar-refractivity contribution < 1.29 is 5.11 Å². The van der Waals surface area contributed by atoms with Crippen LogP contribution in [0.25, 0.3) is 17.1 Å². The van der Waals surface area contributed by atoms with Crippen molar-refractivity contribution in [1.82, 2.24) is 15.4 Å². The predicted octanol–water partition coefficient (Wildman–Crippen LogP) is 0.963. The van der Waals surface area contributed by atoms with Crippen molar-refractivity contribution in [1.29, 1.82) is 0 Å². The van der Waals surface area contributed by atoms with Crippen LogP contribution in [0.15, 0.2) is 24.3 Å². The number of nitrogens with one attached hydrogen (secondary N) is 1. The number of nitrogens with zero attached hydrogens (tertiary/aromatic N) is 2. The van der Waals surface area contributed by atoms with E-state index in [1.54, 1.807) is 6.08 Å². The average Bonchev–Trinajstić information content (AvgIpc) is 2.61. The lowest BCUT2D eigenvalue weighted by Crippen LogP contribution is -1.75. The molecule has 2 aromatic rings. The van der Waals surface area contributed by atoms with Gasteiger partial charge < -0.3 is 5.11 Å². The fourth-order valence-corrected chi connectivity index (χ4v) is 1.15. The predicted molar refractivity (Wildman–Crippen MR) is 50.0 cm³/mol. The minimum Gasteiger partial charge on any atom is -0.392 e. The van der Waals surface area contributed by atoms with Gasteiger partial charge in [-0.3, -0.25) is 0 Å². The zero-order valence-electron chi connectivity index (χ0n) is 6.94. The van der Waals surface area contributed by atoms with Gasteiger partial charge in [0.25, 0.3) is 0 Å². The lowest BCUT2D eigenvalue weighted by Gasteiger charge is -1.90. The molecule has 0 aliphatic carbocycles. The van der Waals surface area contributed by atoms with Crippen LogP contribution in [0.4, 0.5) is 0 Å². The van der Waals surface area contributed by atoms with Gasteiger partial charge in [-0.05, 0) is 17.7 Å². The molecule has 2 N–H and O–H groups in total. The van der Waals surface area contributed by atoms with Gasteiger partial charge in [-0.25, -0.2) is 0 Å². The average molecular weight is 175 g/mol. The highest BCUT2D eigenvalue weighted by molar-refractivity contribution is 5.76. The number of aliphatic hydroxyl groups excluding tert-OH is 1. The van der Waals surface area contributed by atoms with Crippen molar-refractivity contribution in [2.75, 3.05) is 6.61 Å². The number of benzene rings is 1. The van der Waals surface area contributed by atoms with Crippen molar-refractivity contribution >= 4 is 17.1 Å². The van der Waals surface area contributed by atoms with Crippen molar-refractivity contribution in [3.05, 3.63) is 29.8 Å². The largest absolute Gasteiger partial charge is 0.392 e. The molecule has 4 nitrogen and oxygen atoms in total. The van der Waals surface area contributed by atoms with Gasteiger partial charge in [-0.2, -0.15) is 15.4 Å². The van der Waals surface area contributed by atoms with Crippen LogP contribution in [0.1, 0.15) is 5.56 Å². The van der Waals surface area contributed by atoms with E-state index in [1.165, 1.54) is 0 Å². The summed E-state index contributed by atoms with van der Waals surface area (Å²) in [5.41, 5.74) is 2.69. The lowest BCUT2D eigenvalue weighted by molar-refractivity contribution is 0.343. The summed E-state index contributed by atoms with van der Waals surface area (Å²) >= 11 is 0. The molecule has 1 aromatic heterocycles. The Kier molecular flexibility index (Phi) is 2.06. The van der Waals surface area contributed by atoms with Crippen LogP contribution in [-0.4, -0.2) is 27.1 Å². The van der Waals surface area contributed by atoms with E-state index < -0.39 is 0 Å². The molecular weight excluding hydrogens is 166 g/mol. The summed E-state index contributed by atoms with van der Waals surface area (Å²) in [5.74, 6) is 0. The van der Waals surface area contributed by atoms with Gasteiger partial charge in [0.15, 0.2) is 0 Å². The number of hydrogen-bond acceptors (Lipinski definition) is 3. The molecule has 0 fully saturated rings. The molecule has 0 radical (unpaired) electrons. The molecule has 0 spiro atoms. The molecule has 2 rings (SSSR count). The highest BCUT2D eigenvalue weighted by atomic mass is 16.2. The monoisotopic (exact) mass is 175 g/mol. The second-order valence-corrected chi connectivity index (χ2v) is 2.66. The second kappa shape index (κ2) is 3.37. The zero-order valence-corrected chi connectivity index (χ0v) is 6.94. The third-order valence-electron chi connectivity index (χ3n) is 1.76. The number of aromatic nitrogens is 3. The molecule has 0 saturated heterocycles. The number of H-pyrrole nitrogens is 1. The third-order valence-corrected chi connectivity index (χ3v) is 1.76. The molecule has 0 aliphatic rings. The number of rotatable bonds is 2. The topological polar surface area (TPSA) is 61.8 Å². The maximum Gasteiger partial charge on any atom is 0.113 e. The first-order chi connectivity index (χ1) is 6.40. The Morgan fingerprint density at radius 2 is 2.15 bits per heavy atom. The quantitative estimate of drug-likeness (QED) is 0.714. The Balaban J connectivity index is 2.42. The van der Waals surface area contributed by atoms with Crippen LogP contribution in [0.3, 0.4) is 0 Å². The summed E-state index contributed by atoms with van der Waals surface area (Å²) in [4.78, 5) is 0. The van der Waals surface area contributed by atoms with Gasteiger partial charge in [0.1, 0.15) is 11.0 Å². The van der Waals surface area contributed by atoms with Crippen molar-refractivity contribution in [2.24, 2.45) is 0 Å². The molecule has 0 amide bonds. The fourth-order valence-electron chi connectivity index (χ4n) is 1.15. The standard InChI is InChI=1S/C9H9N3O/c13-5-1-2-7-3-4-8-9(6-7)11-12-10-8/h1-4,6,13H,5H2,(H,10,11,12). The smallest absolute Gasteiger partial charge is 0.113 e. The van der Waals surface area contributed by atoms with Crippen molar-refractivity contribution in [3.8, 4) is 0 Å². The highest BCUT2D eigenvalue weighted by Crippen LogP contribution is 2.11. The SMILES string of the molecule is OCC=Cc1ccc2n[nH]nc2c1. The number of aliphatic hydroxyl groups is 1.